The van der Waals surface area contributed by atoms with Gasteiger partial charge in [0.15, 0.2) is 0 Å². The number of carbonyl (C=O) groups excluding carboxylic acids is 1. The van der Waals surface area contributed by atoms with Crippen LogP contribution in [0.3, 0.4) is 0 Å². The SMILES string of the molecule is CC.CC.Cc1cc(NC(=O)c2cccc(Oc3ccnc(N)c3C(=S)NC3CCNC3)c2)ccc1C(C)C. The first-order chi connectivity index (χ1) is 18.8. The summed E-state index contributed by atoms with van der Waals surface area (Å²) in [5.74, 6) is 1.49. The van der Waals surface area contributed by atoms with E-state index in [1.165, 1.54) is 5.56 Å². The quantitative estimate of drug-likeness (QED) is 0.240. The van der Waals surface area contributed by atoms with E-state index >= 15 is 0 Å². The summed E-state index contributed by atoms with van der Waals surface area (Å²) in [6, 6.07) is 15.0. The second-order valence-corrected chi connectivity index (χ2v) is 9.45. The zero-order valence-electron chi connectivity index (χ0n) is 24.2. The predicted molar refractivity (Wildman–Crippen MR) is 167 cm³/mol. The lowest BCUT2D eigenvalue weighted by Gasteiger charge is -2.18. The first kappa shape index (κ1) is 31.7. The minimum Gasteiger partial charge on any atom is -0.456 e. The van der Waals surface area contributed by atoms with E-state index in [1.54, 1.807) is 36.5 Å². The van der Waals surface area contributed by atoms with Crippen LogP contribution in [-0.4, -0.2) is 35.0 Å². The third-order valence-corrected chi connectivity index (χ3v) is 6.36. The molecule has 1 unspecified atom stereocenters. The van der Waals surface area contributed by atoms with Crippen molar-refractivity contribution in [2.24, 2.45) is 0 Å². The Labute approximate surface area is 239 Å². The molecule has 3 aromatic rings. The van der Waals surface area contributed by atoms with Gasteiger partial charge in [-0.3, -0.25) is 4.79 Å². The van der Waals surface area contributed by atoms with Crippen LogP contribution in [0.15, 0.2) is 54.7 Å². The molecule has 2 heterocycles. The molecule has 0 bridgehead atoms. The number of benzene rings is 2. The molecule has 5 N–H and O–H groups in total. The highest BCUT2D eigenvalue weighted by Gasteiger charge is 2.20. The number of rotatable bonds is 7. The maximum absolute atomic E-state index is 12.9. The fourth-order valence-corrected chi connectivity index (χ4v) is 4.61. The van der Waals surface area contributed by atoms with Crippen LogP contribution in [0.25, 0.3) is 0 Å². The molecule has 1 aromatic heterocycles. The summed E-state index contributed by atoms with van der Waals surface area (Å²) in [7, 11) is 0. The molecule has 2 aromatic carbocycles. The van der Waals surface area contributed by atoms with Crippen molar-refractivity contribution < 1.29 is 9.53 Å². The number of thiocarbonyl (C=S) groups is 1. The van der Waals surface area contributed by atoms with Crippen LogP contribution < -0.4 is 26.4 Å². The van der Waals surface area contributed by atoms with Crippen molar-refractivity contribution >= 4 is 34.6 Å². The molecule has 0 radical (unpaired) electrons. The van der Waals surface area contributed by atoms with Gasteiger partial charge in [0.25, 0.3) is 5.91 Å². The van der Waals surface area contributed by atoms with Gasteiger partial charge < -0.3 is 26.4 Å². The average molecular weight is 550 g/mol. The molecule has 8 heteroatoms. The highest BCUT2D eigenvalue weighted by molar-refractivity contribution is 7.80. The van der Waals surface area contributed by atoms with Crippen molar-refractivity contribution in [2.75, 3.05) is 24.1 Å². The molecule has 1 saturated heterocycles. The first-order valence-corrected chi connectivity index (χ1v) is 14.2. The van der Waals surface area contributed by atoms with Crippen molar-refractivity contribution in [3.8, 4) is 11.5 Å². The van der Waals surface area contributed by atoms with Crippen molar-refractivity contribution in [3.05, 3.63) is 77.0 Å². The summed E-state index contributed by atoms with van der Waals surface area (Å²) in [5, 5.41) is 9.62. The molecule has 4 rings (SSSR count). The Bertz CT molecular complexity index is 1240. The van der Waals surface area contributed by atoms with E-state index in [2.05, 4.69) is 47.8 Å². The van der Waals surface area contributed by atoms with Crippen LogP contribution in [0.5, 0.6) is 11.5 Å². The fraction of sp³-hybridized carbons (Fsp3) is 0.387. The molecule has 1 aliphatic heterocycles. The lowest BCUT2D eigenvalue weighted by Crippen LogP contribution is -2.36. The van der Waals surface area contributed by atoms with Crippen LogP contribution in [0.4, 0.5) is 11.5 Å². The molecule has 1 fully saturated rings. The van der Waals surface area contributed by atoms with Crippen molar-refractivity contribution in [1.29, 1.82) is 0 Å². The fourth-order valence-electron chi connectivity index (χ4n) is 4.24. The Morgan fingerprint density at radius 1 is 1.13 bits per heavy atom. The second kappa shape index (κ2) is 15.8. The number of nitrogens with zero attached hydrogens (tertiary/aromatic N) is 1. The molecule has 0 aliphatic carbocycles. The van der Waals surface area contributed by atoms with E-state index in [-0.39, 0.29) is 11.9 Å². The number of hydrogen-bond acceptors (Lipinski definition) is 6. The molecule has 0 spiro atoms. The number of aromatic nitrogens is 1. The Balaban J connectivity index is 0.00000127. The number of ether oxygens (including phenoxy) is 1. The van der Waals surface area contributed by atoms with Gasteiger partial charge in [0.1, 0.15) is 22.3 Å². The minimum absolute atomic E-state index is 0.215. The molecule has 39 heavy (non-hydrogen) atoms. The maximum Gasteiger partial charge on any atom is 0.255 e. The third kappa shape index (κ3) is 8.76. The number of hydrogen-bond donors (Lipinski definition) is 4. The zero-order chi connectivity index (χ0) is 28.9. The number of aryl methyl sites for hydroxylation is 1. The average Bonchev–Trinajstić information content (AvgIpc) is 3.44. The van der Waals surface area contributed by atoms with E-state index in [0.29, 0.717) is 39.4 Å². The molecule has 0 saturated carbocycles. The summed E-state index contributed by atoms with van der Waals surface area (Å²) in [5.41, 5.74) is 10.4. The van der Waals surface area contributed by atoms with Crippen LogP contribution in [0.1, 0.15) is 80.9 Å². The van der Waals surface area contributed by atoms with Gasteiger partial charge in [-0.15, -0.1) is 0 Å². The molecule has 1 aliphatic rings. The molecule has 1 amide bonds. The second-order valence-electron chi connectivity index (χ2n) is 9.04. The summed E-state index contributed by atoms with van der Waals surface area (Å²) < 4.78 is 6.14. The summed E-state index contributed by atoms with van der Waals surface area (Å²) in [6.45, 7) is 16.2. The van der Waals surface area contributed by atoms with E-state index in [1.807, 2.05) is 39.8 Å². The van der Waals surface area contributed by atoms with Crippen LogP contribution in [0.2, 0.25) is 0 Å². The summed E-state index contributed by atoms with van der Waals surface area (Å²) in [4.78, 5) is 17.6. The number of anilines is 2. The lowest BCUT2D eigenvalue weighted by molar-refractivity contribution is 0.102. The normalized spacial score (nSPS) is 13.9. The number of nitrogens with two attached hydrogens (primary N) is 1. The van der Waals surface area contributed by atoms with Gasteiger partial charge in [0, 0.05) is 36.1 Å². The standard InChI is InChI=1S/C27H31N5O2S.2C2H6/c1-16(2)22-8-7-19(13-17(22)3)31-26(33)18-5-4-6-21(14-18)34-23-10-12-30-25(28)24(23)27(35)32-20-9-11-29-15-20;2*1-2/h4-8,10,12-14,16,20,29H,9,11,15H2,1-3H3,(H2,28,30)(H,31,33)(H,32,35);2*1-2H3. The first-order valence-electron chi connectivity index (χ1n) is 13.8. The summed E-state index contributed by atoms with van der Waals surface area (Å²) >= 11 is 5.62. The van der Waals surface area contributed by atoms with Gasteiger partial charge >= 0.3 is 0 Å². The van der Waals surface area contributed by atoms with Gasteiger partial charge in [0.05, 0.1) is 5.56 Å². The highest BCUT2D eigenvalue weighted by atomic mass is 32.1. The number of pyridine rings is 1. The van der Waals surface area contributed by atoms with Crippen molar-refractivity contribution in [1.82, 2.24) is 15.6 Å². The number of carbonyl (C=O) groups is 1. The van der Waals surface area contributed by atoms with E-state index in [0.717, 1.165) is 30.8 Å². The van der Waals surface area contributed by atoms with Gasteiger partial charge in [-0.1, -0.05) is 65.9 Å². The number of nitrogen functional groups attached to an aromatic ring is 1. The zero-order valence-corrected chi connectivity index (χ0v) is 25.0. The van der Waals surface area contributed by atoms with E-state index < -0.39 is 0 Å². The smallest absolute Gasteiger partial charge is 0.255 e. The van der Waals surface area contributed by atoms with Gasteiger partial charge in [-0.25, -0.2) is 4.98 Å². The largest absolute Gasteiger partial charge is 0.456 e. The monoisotopic (exact) mass is 549 g/mol. The maximum atomic E-state index is 12.9. The van der Waals surface area contributed by atoms with Crippen LogP contribution in [0, 0.1) is 6.92 Å². The van der Waals surface area contributed by atoms with Crippen molar-refractivity contribution in [2.45, 2.75) is 66.8 Å². The Morgan fingerprint density at radius 2 is 1.87 bits per heavy atom. The third-order valence-electron chi connectivity index (χ3n) is 6.04. The Morgan fingerprint density at radius 3 is 2.51 bits per heavy atom. The minimum atomic E-state index is -0.215. The Hall–Kier alpha value is -3.49. The molecule has 1 atom stereocenters. The molecular weight excluding hydrogens is 506 g/mol. The number of amides is 1. The van der Waals surface area contributed by atoms with E-state index in [9.17, 15) is 4.79 Å². The molecule has 7 nitrogen and oxygen atoms in total. The molecular formula is C31H43N5O2S. The van der Waals surface area contributed by atoms with Gasteiger partial charge in [-0.05, 0) is 67.3 Å². The lowest BCUT2D eigenvalue weighted by atomic mass is 9.97. The highest BCUT2D eigenvalue weighted by Crippen LogP contribution is 2.29. The molecule has 210 valence electrons. The summed E-state index contributed by atoms with van der Waals surface area (Å²) in [6.07, 6.45) is 2.56. The van der Waals surface area contributed by atoms with Gasteiger partial charge in [0.2, 0.25) is 0 Å². The predicted octanol–water partition coefficient (Wildman–Crippen LogP) is 6.82. The number of nitrogens with one attached hydrogen (secondary N) is 3. The Kier molecular flexibility index (Phi) is 12.9. The van der Waals surface area contributed by atoms with Gasteiger partial charge in [-0.2, -0.15) is 0 Å². The topological polar surface area (TPSA) is 101 Å². The van der Waals surface area contributed by atoms with Crippen LogP contribution >= 0.6 is 12.2 Å². The van der Waals surface area contributed by atoms with E-state index in [4.69, 9.17) is 22.7 Å². The van der Waals surface area contributed by atoms with Crippen LogP contribution in [-0.2, 0) is 0 Å². The van der Waals surface area contributed by atoms with Crippen molar-refractivity contribution in [3.63, 3.8) is 0 Å².